The number of aromatic nitrogens is 4. The Kier molecular flexibility index (Phi) is 3.71. The second kappa shape index (κ2) is 6.12. The van der Waals surface area contributed by atoms with Gasteiger partial charge in [-0.2, -0.15) is 9.48 Å². The molecule has 0 spiro atoms. The second-order valence-electron chi connectivity index (χ2n) is 6.29. The molecular weight excluding hydrogens is 368 g/mol. The number of nitrogens with zero attached hydrogens (tertiary/aromatic N) is 6. The van der Waals surface area contributed by atoms with Gasteiger partial charge >= 0.3 is 5.95 Å². The van der Waals surface area contributed by atoms with Gasteiger partial charge in [-0.1, -0.05) is 17.7 Å². The number of ether oxygens (including phenoxy) is 1. The van der Waals surface area contributed by atoms with Gasteiger partial charge in [0.15, 0.2) is 0 Å². The first-order chi connectivity index (χ1) is 13.2. The van der Waals surface area contributed by atoms with E-state index in [4.69, 9.17) is 20.9 Å². The normalized spacial score (nSPS) is 20.0. The molecule has 27 heavy (non-hydrogen) atoms. The van der Waals surface area contributed by atoms with Crippen molar-refractivity contribution in [2.45, 2.75) is 20.1 Å². The molecule has 0 saturated carbocycles. The van der Waals surface area contributed by atoms with Crippen LogP contribution in [0.25, 0.3) is 5.69 Å². The average molecular weight is 384 g/mol. The van der Waals surface area contributed by atoms with Gasteiger partial charge in [0, 0.05) is 11.8 Å². The van der Waals surface area contributed by atoms with E-state index in [2.05, 4.69) is 20.1 Å². The first-order valence-electron chi connectivity index (χ1n) is 8.58. The van der Waals surface area contributed by atoms with Crippen LogP contribution in [-0.4, -0.2) is 32.1 Å². The quantitative estimate of drug-likeness (QED) is 0.646. The highest BCUT2D eigenvalue weighted by molar-refractivity contribution is 6.33. The molecule has 2 aliphatic heterocycles. The first-order valence-corrected chi connectivity index (χ1v) is 8.96. The Morgan fingerprint density at radius 3 is 3.19 bits per heavy atom. The van der Waals surface area contributed by atoms with Crippen molar-refractivity contribution in [3.05, 3.63) is 65.3 Å². The van der Waals surface area contributed by atoms with E-state index in [1.165, 1.54) is 0 Å². The topological polar surface area (TPSA) is 78.3 Å². The number of rotatable bonds is 4. The zero-order chi connectivity index (χ0) is 18.4. The SMILES string of the molecule is CCOCc1nc([N+]23C=CN=C2c2cccc(Cl)c2-n2cncc2C3)no1. The van der Waals surface area contributed by atoms with Crippen LogP contribution in [0.2, 0.25) is 5.02 Å². The van der Waals surface area contributed by atoms with Gasteiger partial charge < -0.3 is 9.26 Å². The van der Waals surface area contributed by atoms with E-state index < -0.39 is 0 Å². The Morgan fingerprint density at radius 2 is 2.30 bits per heavy atom. The Balaban J connectivity index is 1.71. The zero-order valence-corrected chi connectivity index (χ0v) is 15.3. The van der Waals surface area contributed by atoms with E-state index in [0.717, 1.165) is 22.8 Å². The highest BCUT2D eigenvalue weighted by atomic mass is 35.5. The van der Waals surface area contributed by atoms with Crippen LogP contribution in [0.5, 0.6) is 0 Å². The number of fused-ring (bicyclic) bond motifs is 5. The number of imidazole rings is 1. The molecule has 0 saturated heterocycles. The summed E-state index contributed by atoms with van der Waals surface area (Å²) >= 11 is 6.55. The van der Waals surface area contributed by atoms with E-state index in [1.54, 1.807) is 12.5 Å². The summed E-state index contributed by atoms with van der Waals surface area (Å²) in [7, 11) is 0. The Bertz CT molecular complexity index is 1090. The van der Waals surface area contributed by atoms with Crippen LogP contribution in [0.1, 0.15) is 24.1 Å². The number of hydrogen-bond donors (Lipinski definition) is 0. The molecule has 4 heterocycles. The Hall–Kier alpha value is -2.81. The monoisotopic (exact) mass is 383 g/mol. The van der Waals surface area contributed by atoms with Gasteiger partial charge in [-0.05, 0) is 19.1 Å². The summed E-state index contributed by atoms with van der Waals surface area (Å²) in [5, 5.41) is 4.86. The number of amidine groups is 1. The molecule has 0 N–H and O–H groups in total. The third-order valence-corrected chi connectivity index (χ3v) is 5.04. The van der Waals surface area contributed by atoms with Gasteiger partial charge in [0.1, 0.15) is 19.4 Å². The van der Waals surface area contributed by atoms with Crippen molar-refractivity contribution < 1.29 is 9.26 Å². The molecule has 0 fully saturated rings. The van der Waals surface area contributed by atoms with Crippen molar-refractivity contribution >= 4 is 23.4 Å². The van der Waals surface area contributed by atoms with Crippen LogP contribution >= 0.6 is 11.6 Å². The number of hydrogen-bond acceptors (Lipinski definition) is 6. The predicted octanol–water partition coefficient (Wildman–Crippen LogP) is 3.20. The lowest BCUT2D eigenvalue weighted by Crippen LogP contribution is -2.47. The molecule has 8 nitrogen and oxygen atoms in total. The molecule has 3 aromatic rings. The lowest BCUT2D eigenvalue weighted by atomic mass is 10.1. The van der Waals surface area contributed by atoms with E-state index >= 15 is 0 Å². The fraction of sp³-hybridized carbons (Fsp3) is 0.222. The van der Waals surface area contributed by atoms with Crippen molar-refractivity contribution in [2.75, 3.05) is 6.61 Å². The summed E-state index contributed by atoms with van der Waals surface area (Å²) in [6.07, 6.45) is 7.31. The summed E-state index contributed by atoms with van der Waals surface area (Å²) in [4.78, 5) is 13.5. The molecule has 0 bridgehead atoms. The lowest BCUT2D eigenvalue weighted by molar-refractivity contribution is 0.109. The fourth-order valence-electron chi connectivity index (χ4n) is 3.53. The maximum Gasteiger partial charge on any atom is 0.377 e. The Labute approximate surface area is 160 Å². The van der Waals surface area contributed by atoms with Gasteiger partial charge in [-0.3, -0.25) is 4.57 Å². The molecule has 5 rings (SSSR count). The third-order valence-electron chi connectivity index (χ3n) is 4.73. The van der Waals surface area contributed by atoms with Crippen LogP contribution in [0.15, 0.2) is 52.6 Å². The highest BCUT2D eigenvalue weighted by Gasteiger charge is 2.47. The van der Waals surface area contributed by atoms with E-state index in [-0.39, 0.29) is 11.1 Å². The predicted molar refractivity (Wildman–Crippen MR) is 99.4 cm³/mol. The number of quaternary nitrogens is 1. The summed E-state index contributed by atoms with van der Waals surface area (Å²) in [6.45, 7) is 3.31. The summed E-state index contributed by atoms with van der Waals surface area (Å²) in [5.41, 5.74) is 2.73. The van der Waals surface area contributed by atoms with Crippen molar-refractivity contribution in [1.82, 2.24) is 24.2 Å². The van der Waals surface area contributed by atoms with E-state index in [9.17, 15) is 0 Å². The van der Waals surface area contributed by atoms with Crippen LogP contribution in [0.4, 0.5) is 5.95 Å². The number of para-hydroxylation sites is 1. The minimum absolute atomic E-state index is 0.203. The van der Waals surface area contributed by atoms with Crippen LogP contribution in [0.3, 0.4) is 0 Å². The zero-order valence-electron chi connectivity index (χ0n) is 14.5. The summed E-state index contributed by atoms with van der Waals surface area (Å²) in [5.74, 6) is 1.72. The molecule has 0 aliphatic carbocycles. The van der Waals surface area contributed by atoms with Crippen molar-refractivity contribution in [3.63, 3.8) is 0 Å². The molecule has 1 atom stereocenters. The molecule has 1 aromatic carbocycles. The standard InChI is InChI=1S/C18H16ClN6O2/c1-2-26-10-15-22-18(23-27-15)25-7-6-21-17(25)13-4-3-5-14(19)16(13)24-11-20-8-12(24)9-25/h3-8,11H,2,9-10H2,1H3/q+1. The van der Waals surface area contributed by atoms with Gasteiger partial charge in [0.05, 0.1) is 40.7 Å². The average Bonchev–Trinajstić information content (AvgIpc) is 3.39. The lowest BCUT2D eigenvalue weighted by Gasteiger charge is -2.25. The number of halogens is 1. The number of benzene rings is 1. The highest BCUT2D eigenvalue weighted by Crippen LogP contribution is 2.38. The van der Waals surface area contributed by atoms with Crippen LogP contribution in [-0.2, 0) is 17.9 Å². The minimum Gasteiger partial charge on any atom is -0.372 e. The molecule has 2 aromatic heterocycles. The van der Waals surface area contributed by atoms with E-state index in [0.29, 0.717) is 30.0 Å². The minimum atomic E-state index is 0.203. The van der Waals surface area contributed by atoms with Gasteiger partial charge in [-0.15, -0.1) is 4.98 Å². The molecule has 136 valence electrons. The van der Waals surface area contributed by atoms with Gasteiger partial charge in [0.2, 0.25) is 5.84 Å². The number of aliphatic imine (C=N–C) groups is 1. The van der Waals surface area contributed by atoms with Gasteiger partial charge in [0.25, 0.3) is 5.89 Å². The largest absolute Gasteiger partial charge is 0.377 e. The molecule has 9 heteroatoms. The first kappa shape index (κ1) is 16.4. The maximum atomic E-state index is 6.55. The summed E-state index contributed by atoms with van der Waals surface area (Å²) in [6, 6.07) is 5.77. The maximum absolute atomic E-state index is 6.55. The van der Waals surface area contributed by atoms with Crippen molar-refractivity contribution in [1.29, 1.82) is 0 Å². The van der Waals surface area contributed by atoms with Crippen LogP contribution < -0.4 is 4.48 Å². The molecular formula is C18H16ClN6O2+. The fourth-order valence-corrected chi connectivity index (χ4v) is 3.79. The summed E-state index contributed by atoms with van der Waals surface area (Å²) < 4.78 is 13.0. The Morgan fingerprint density at radius 1 is 1.37 bits per heavy atom. The molecule has 2 aliphatic rings. The molecule has 1 unspecified atom stereocenters. The molecule has 0 radical (unpaired) electrons. The van der Waals surface area contributed by atoms with Gasteiger partial charge in [-0.25, -0.2) is 4.98 Å². The second-order valence-corrected chi connectivity index (χ2v) is 6.70. The van der Waals surface area contributed by atoms with Crippen molar-refractivity contribution in [3.8, 4) is 5.69 Å². The van der Waals surface area contributed by atoms with Crippen molar-refractivity contribution in [2.24, 2.45) is 4.99 Å². The van der Waals surface area contributed by atoms with Crippen LogP contribution in [0, 0.1) is 0 Å². The third kappa shape index (κ3) is 2.38. The molecule has 0 amide bonds. The van der Waals surface area contributed by atoms with E-state index in [1.807, 2.05) is 42.1 Å². The smallest absolute Gasteiger partial charge is 0.372 e.